The number of rotatable bonds is 3. The fraction of sp³-hybridized carbons (Fsp3) is 0.353. The summed E-state index contributed by atoms with van der Waals surface area (Å²) in [4.78, 5) is 24.2. The van der Waals surface area contributed by atoms with Gasteiger partial charge in [0.15, 0.2) is 17.8 Å². The molecule has 0 spiro atoms. The molecular weight excluding hydrogens is 352 g/mol. The maximum atomic E-state index is 12.4. The zero-order valence-corrected chi connectivity index (χ0v) is 14.9. The van der Waals surface area contributed by atoms with Gasteiger partial charge in [0, 0.05) is 30.3 Å². The van der Waals surface area contributed by atoms with Crippen molar-refractivity contribution in [2.24, 2.45) is 0 Å². The highest BCUT2D eigenvalue weighted by Gasteiger charge is 2.26. The number of carbonyl (C=O) groups excluding carboxylic acids is 2. The standard InChI is InChI=1S/C17H20N6O4/c1-9-6-15(24)21-16(18-9)23-14(5-10(2)22-23)20-17(25)19-11-3-4-12-13(7-11)27-8-26-12/h3-5,7,9,16,18H,6,8H2,1-2H3,(H,21,24)(H2,19,20,25). The first-order valence-corrected chi connectivity index (χ1v) is 8.57. The van der Waals surface area contributed by atoms with Crippen molar-refractivity contribution in [1.29, 1.82) is 0 Å². The number of nitrogens with zero attached hydrogens (tertiary/aromatic N) is 2. The van der Waals surface area contributed by atoms with Gasteiger partial charge in [0.2, 0.25) is 12.7 Å². The maximum absolute atomic E-state index is 12.4. The number of ether oxygens (including phenoxy) is 2. The number of aryl methyl sites for hydroxylation is 1. The number of carbonyl (C=O) groups is 2. The number of urea groups is 1. The molecule has 2 aromatic rings. The molecule has 0 saturated carbocycles. The van der Waals surface area contributed by atoms with E-state index in [1.807, 2.05) is 13.8 Å². The number of benzene rings is 1. The van der Waals surface area contributed by atoms with E-state index in [1.165, 1.54) is 0 Å². The molecule has 1 aromatic carbocycles. The second-order valence-corrected chi connectivity index (χ2v) is 6.50. The van der Waals surface area contributed by atoms with E-state index >= 15 is 0 Å². The van der Waals surface area contributed by atoms with Gasteiger partial charge in [0.1, 0.15) is 5.82 Å². The monoisotopic (exact) mass is 372 g/mol. The van der Waals surface area contributed by atoms with Gasteiger partial charge < -0.3 is 20.1 Å². The molecule has 0 bridgehead atoms. The Labute approximate surface area is 155 Å². The van der Waals surface area contributed by atoms with E-state index in [1.54, 1.807) is 28.9 Å². The average Bonchev–Trinajstić information content (AvgIpc) is 3.19. The number of aromatic nitrogens is 2. The highest BCUT2D eigenvalue weighted by atomic mass is 16.7. The van der Waals surface area contributed by atoms with Gasteiger partial charge in [-0.15, -0.1) is 0 Å². The van der Waals surface area contributed by atoms with Gasteiger partial charge in [-0.2, -0.15) is 5.10 Å². The van der Waals surface area contributed by atoms with E-state index in [0.29, 0.717) is 35.1 Å². The first-order valence-electron chi connectivity index (χ1n) is 8.57. The van der Waals surface area contributed by atoms with Gasteiger partial charge in [-0.25, -0.2) is 9.48 Å². The topological polar surface area (TPSA) is 119 Å². The molecule has 2 atom stereocenters. The van der Waals surface area contributed by atoms with Gasteiger partial charge in [-0.3, -0.25) is 15.4 Å². The third-order valence-electron chi connectivity index (χ3n) is 4.21. The van der Waals surface area contributed by atoms with Crippen LogP contribution in [0.15, 0.2) is 24.3 Å². The van der Waals surface area contributed by atoms with Crippen LogP contribution in [-0.2, 0) is 4.79 Å². The Bertz CT molecular complexity index is 896. The second-order valence-electron chi connectivity index (χ2n) is 6.50. The number of amides is 3. The lowest BCUT2D eigenvalue weighted by Gasteiger charge is -2.30. The van der Waals surface area contributed by atoms with Crippen molar-refractivity contribution in [2.45, 2.75) is 32.6 Å². The van der Waals surface area contributed by atoms with Crippen molar-refractivity contribution < 1.29 is 19.1 Å². The number of fused-ring (bicyclic) bond motifs is 1. The van der Waals surface area contributed by atoms with E-state index in [9.17, 15) is 9.59 Å². The molecule has 3 amide bonds. The fourth-order valence-corrected chi connectivity index (χ4v) is 3.05. The summed E-state index contributed by atoms with van der Waals surface area (Å²) in [6, 6.07) is 6.44. The van der Waals surface area contributed by atoms with Crippen LogP contribution in [0, 0.1) is 6.92 Å². The minimum Gasteiger partial charge on any atom is -0.454 e. The van der Waals surface area contributed by atoms with Crippen molar-refractivity contribution in [2.75, 3.05) is 17.4 Å². The van der Waals surface area contributed by atoms with Crippen molar-refractivity contribution >= 4 is 23.4 Å². The largest absolute Gasteiger partial charge is 0.454 e. The van der Waals surface area contributed by atoms with Crippen LogP contribution < -0.4 is 30.7 Å². The Balaban J connectivity index is 1.47. The Hall–Kier alpha value is -3.27. The normalized spacial score (nSPS) is 20.9. The third kappa shape index (κ3) is 3.65. The summed E-state index contributed by atoms with van der Waals surface area (Å²) in [5.74, 6) is 1.60. The van der Waals surface area contributed by atoms with Crippen LogP contribution in [0.4, 0.5) is 16.3 Å². The quantitative estimate of drug-likeness (QED) is 0.649. The summed E-state index contributed by atoms with van der Waals surface area (Å²) >= 11 is 0. The molecule has 142 valence electrons. The summed E-state index contributed by atoms with van der Waals surface area (Å²) in [5, 5.41) is 15.9. The minimum absolute atomic E-state index is 0.00330. The zero-order chi connectivity index (χ0) is 19.0. The van der Waals surface area contributed by atoms with E-state index in [0.717, 1.165) is 0 Å². The smallest absolute Gasteiger partial charge is 0.324 e. The van der Waals surface area contributed by atoms with Crippen molar-refractivity contribution in [3.05, 3.63) is 30.0 Å². The summed E-state index contributed by atoms with van der Waals surface area (Å²) < 4.78 is 12.1. The molecule has 10 heteroatoms. The molecule has 4 rings (SSSR count). The first-order chi connectivity index (χ1) is 13.0. The molecule has 1 aromatic heterocycles. The van der Waals surface area contributed by atoms with Crippen LogP contribution in [0.1, 0.15) is 25.3 Å². The summed E-state index contributed by atoms with van der Waals surface area (Å²) in [6.45, 7) is 3.90. The van der Waals surface area contributed by atoms with Gasteiger partial charge in [0.25, 0.3) is 0 Å². The molecule has 1 fully saturated rings. The number of anilines is 2. The predicted molar refractivity (Wildman–Crippen MR) is 96.6 cm³/mol. The predicted octanol–water partition coefficient (Wildman–Crippen LogP) is 1.52. The molecule has 3 heterocycles. The number of hydrogen-bond donors (Lipinski definition) is 4. The summed E-state index contributed by atoms with van der Waals surface area (Å²) in [7, 11) is 0. The number of nitrogens with one attached hydrogen (secondary N) is 4. The van der Waals surface area contributed by atoms with E-state index in [4.69, 9.17) is 9.47 Å². The lowest BCUT2D eigenvalue weighted by atomic mass is 10.2. The highest BCUT2D eigenvalue weighted by molar-refractivity contribution is 5.99. The molecule has 2 aliphatic heterocycles. The van der Waals surface area contributed by atoms with Crippen LogP contribution in [0.25, 0.3) is 0 Å². The molecule has 0 aliphatic carbocycles. The molecule has 2 aliphatic rings. The maximum Gasteiger partial charge on any atom is 0.324 e. The molecule has 1 saturated heterocycles. The summed E-state index contributed by atoms with van der Waals surface area (Å²) in [5.41, 5.74) is 1.28. The van der Waals surface area contributed by atoms with Gasteiger partial charge in [-0.1, -0.05) is 0 Å². The van der Waals surface area contributed by atoms with E-state index < -0.39 is 12.3 Å². The molecule has 0 radical (unpaired) electrons. The molecule has 27 heavy (non-hydrogen) atoms. The van der Waals surface area contributed by atoms with Crippen LogP contribution in [0.5, 0.6) is 11.5 Å². The third-order valence-corrected chi connectivity index (χ3v) is 4.21. The van der Waals surface area contributed by atoms with Crippen LogP contribution in [0.2, 0.25) is 0 Å². The Morgan fingerprint density at radius 2 is 2.07 bits per heavy atom. The zero-order valence-electron chi connectivity index (χ0n) is 14.9. The Morgan fingerprint density at radius 1 is 1.26 bits per heavy atom. The van der Waals surface area contributed by atoms with Gasteiger partial charge >= 0.3 is 6.03 Å². The second kappa shape index (κ2) is 6.80. The van der Waals surface area contributed by atoms with Crippen LogP contribution in [0.3, 0.4) is 0 Å². The van der Waals surface area contributed by atoms with Crippen molar-refractivity contribution in [3.63, 3.8) is 0 Å². The van der Waals surface area contributed by atoms with E-state index in [2.05, 4.69) is 26.4 Å². The lowest BCUT2D eigenvalue weighted by molar-refractivity contribution is -0.125. The van der Waals surface area contributed by atoms with E-state index in [-0.39, 0.29) is 18.7 Å². The highest BCUT2D eigenvalue weighted by Crippen LogP contribution is 2.34. The Kier molecular flexibility index (Phi) is 4.32. The Morgan fingerprint density at radius 3 is 2.89 bits per heavy atom. The van der Waals surface area contributed by atoms with Crippen molar-refractivity contribution in [3.8, 4) is 11.5 Å². The molecule has 2 unspecified atom stereocenters. The summed E-state index contributed by atoms with van der Waals surface area (Å²) in [6.07, 6.45) is -0.139. The number of hydrogen-bond acceptors (Lipinski definition) is 6. The molecule has 4 N–H and O–H groups in total. The van der Waals surface area contributed by atoms with Crippen LogP contribution in [-0.4, -0.2) is 34.6 Å². The first kappa shape index (κ1) is 17.2. The van der Waals surface area contributed by atoms with Crippen molar-refractivity contribution in [1.82, 2.24) is 20.4 Å². The van der Waals surface area contributed by atoms with Gasteiger partial charge in [-0.05, 0) is 26.0 Å². The lowest BCUT2D eigenvalue weighted by Crippen LogP contribution is -2.52. The molecule has 10 nitrogen and oxygen atoms in total. The fourth-order valence-electron chi connectivity index (χ4n) is 3.05. The average molecular weight is 372 g/mol. The van der Waals surface area contributed by atoms with Gasteiger partial charge in [0.05, 0.1) is 5.69 Å². The SMILES string of the molecule is Cc1cc(NC(=O)Nc2ccc3c(c2)OCO3)n(C2NC(=O)CC(C)N2)n1. The molecular formula is C17H20N6O4. The van der Waals surface area contributed by atoms with Crippen LogP contribution >= 0.6 is 0 Å². The minimum atomic E-state index is -0.532.